The van der Waals surface area contributed by atoms with Crippen LogP contribution in [0.4, 0.5) is 5.82 Å². The number of hydrogen-bond donors (Lipinski definition) is 2. The van der Waals surface area contributed by atoms with Crippen LogP contribution < -0.4 is 10.6 Å². The summed E-state index contributed by atoms with van der Waals surface area (Å²) in [5.74, 6) is 0.872. The Balaban J connectivity index is 1.79. The number of nitrogens with zero attached hydrogens (tertiary/aromatic N) is 4. The van der Waals surface area contributed by atoms with E-state index in [4.69, 9.17) is 0 Å². The Morgan fingerprint density at radius 2 is 2.47 bits per heavy atom. The van der Waals surface area contributed by atoms with Crippen LogP contribution in [-0.4, -0.2) is 38.9 Å². The van der Waals surface area contributed by atoms with Crippen LogP contribution >= 0.6 is 0 Å². The minimum Gasteiger partial charge on any atom is -0.368 e. The van der Waals surface area contributed by atoms with Gasteiger partial charge >= 0.3 is 0 Å². The molecule has 2 aromatic heterocycles. The van der Waals surface area contributed by atoms with Gasteiger partial charge in [0.15, 0.2) is 5.65 Å². The maximum absolute atomic E-state index is 4.28. The lowest BCUT2D eigenvalue weighted by Crippen LogP contribution is -2.29. The van der Waals surface area contributed by atoms with Crippen LogP contribution in [0, 0.1) is 0 Å². The molecule has 1 atom stereocenters. The van der Waals surface area contributed by atoms with Gasteiger partial charge in [0, 0.05) is 19.6 Å². The number of nitrogens with one attached hydrogen (secondary N) is 2. The van der Waals surface area contributed by atoms with E-state index in [1.165, 1.54) is 12.8 Å². The molecule has 1 fully saturated rings. The summed E-state index contributed by atoms with van der Waals surface area (Å²) in [5, 5.41) is 12.0. The molecule has 0 amide bonds. The van der Waals surface area contributed by atoms with Crippen molar-refractivity contribution in [3.63, 3.8) is 0 Å². The first-order chi connectivity index (χ1) is 8.34. The smallest absolute Gasteiger partial charge is 0.163 e. The molecule has 2 N–H and O–H groups in total. The number of anilines is 1. The summed E-state index contributed by atoms with van der Waals surface area (Å²) in [4.78, 5) is 8.49. The van der Waals surface area contributed by atoms with E-state index in [-0.39, 0.29) is 0 Å². The molecule has 17 heavy (non-hydrogen) atoms. The van der Waals surface area contributed by atoms with E-state index >= 15 is 0 Å². The Morgan fingerprint density at radius 3 is 3.29 bits per heavy atom. The van der Waals surface area contributed by atoms with Gasteiger partial charge in [0.2, 0.25) is 0 Å². The van der Waals surface area contributed by atoms with E-state index in [9.17, 15) is 0 Å². The maximum atomic E-state index is 4.28. The second-order valence-corrected chi connectivity index (χ2v) is 4.40. The van der Waals surface area contributed by atoms with Crippen LogP contribution in [-0.2, 0) is 7.05 Å². The molecule has 90 valence electrons. The molecule has 3 heterocycles. The van der Waals surface area contributed by atoms with Gasteiger partial charge in [0.05, 0.1) is 11.6 Å². The molecule has 6 nitrogen and oxygen atoms in total. The lowest BCUT2D eigenvalue weighted by Gasteiger charge is -2.12. The molecule has 0 aromatic carbocycles. The van der Waals surface area contributed by atoms with Crippen molar-refractivity contribution in [1.29, 1.82) is 0 Å². The Kier molecular flexibility index (Phi) is 2.64. The first-order valence-electron chi connectivity index (χ1n) is 5.94. The summed E-state index contributed by atoms with van der Waals surface area (Å²) in [5.41, 5.74) is 0.863. The van der Waals surface area contributed by atoms with E-state index in [1.54, 1.807) is 17.2 Å². The van der Waals surface area contributed by atoms with Crippen molar-refractivity contribution in [2.75, 3.05) is 18.4 Å². The van der Waals surface area contributed by atoms with Gasteiger partial charge in [-0.25, -0.2) is 9.97 Å². The molecule has 6 heteroatoms. The van der Waals surface area contributed by atoms with Crippen molar-refractivity contribution in [1.82, 2.24) is 25.1 Å². The first-order valence-corrected chi connectivity index (χ1v) is 5.94. The van der Waals surface area contributed by atoms with Crippen molar-refractivity contribution in [2.45, 2.75) is 18.9 Å². The predicted molar refractivity (Wildman–Crippen MR) is 65.8 cm³/mol. The quantitative estimate of drug-likeness (QED) is 0.808. The summed E-state index contributed by atoms with van der Waals surface area (Å²) in [6.07, 6.45) is 5.88. The summed E-state index contributed by atoms with van der Waals surface area (Å²) in [6, 6.07) is 0.552. The minimum atomic E-state index is 0.552. The highest BCUT2D eigenvalue weighted by atomic mass is 15.3. The van der Waals surface area contributed by atoms with Crippen molar-refractivity contribution >= 4 is 16.9 Å². The van der Waals surface area contributed by atoms with Crippen LogP contribution in [0.1, 0.15) is 12.8 Å². The Bertz CT molecular complexity index is 514. The third-order valence-corrected chi connectivity index (χ3v) is 3.21. The number of rotatable bonds is 3. The molecule has 0 spiro atoms. The standard InChI is InChI=1S/C11H16N6/c1-17-11-9(6-16-17)10(14-7-15-11)13-5-8-3-2-4-12-8/h6-8,12H,2-5H2,1H3,(H,13,14,15). The molecule has 1 saturated heterocycles. The van der Waals surface area contributed by atoms with Crippen molar-refractivity contribution in [2.24, 2.45) is 7.05 Å². The highest BCUT2D eigenvalue weighted by Crippen LogP contribution is 2.18. The molecule has 0 bridgehead atoms. The summed E-state index contributed by atoms with van der Waals surface area (Å²) < 4.78 is 1.76. The SMILES string of the molecule is Cn1ncc2c(NCC3CCCN3)ncnc21. The van der Waals surface area contributed by atoms with Crippen LogP contribution in [0.2, 0.25) is 0 Å². The number of hydrogen-bond acceptors (Lipinski definition) is 5. The number of fused-ring (bicyclic) bond motifs is 1. The van der Waals surface area contributed by atoms with Crippen molar-refractivity contribution in [3.05, 3.63) is 12.5 Å². The average molecular weight is 232 g/mol. The van der Waals surface area contributed by atoms with E-state index < -0.39 is 0 Å². The van der Waals surface area contributed by atoms with Gasteiger partial charge in [0.1, 0.15) is 12.1 Å². The van der Waals surface area contributed by atoms with Gasteiger partial charge in [0.25, 0.3) is 0 Å². The Morgan fingerprint density at radius 1 is 1.53 bits per heavy atom. The predicted octanol–water partition coefficient (Wildman–Crippen LogP) is 0.527. The fourth-order valence-corrected chi connectivity index (χ4v) is 2.25. The molecular weight excluding hydrogens is 216 g/mol. The van der Waals surface area contributed by atoms with Gasteiger partial charge < -0.3 is 10.6 Å². The van der Waals surface area contributed by atoms with E-state index in [0.717, 1.165) is 29.9 Å². The van der Waals surface area contributed by atoms with Crippen LogP contribution in [0.15, 0.2) is 12.5 Å². The zero-order chi connectivity index (χ0) is 11.7. The van der Waals surface area contributed by atoms with Crippen LogP contribution in [0.3, 0.4) is 0 Å². The molecule has 1 unspecified atom stereocenters. The van der Waals surface area contributed by atoms with Crippen molar-refractivity contribution in [3.8, 4) is 0 Å². The fourth-order valence-electron chi connectivity index (χ4n) is 2.25. The van der Waals surface area contributed by atoms with Crippen LogP contribution in [0.25, 0.3) is 11.0 Å². The van der Waals surface area contributed by atoms with E-state index in [2.05, 4.69) is 25.7 Å². The summed E-state index contributed by atoms with van der Waals surface area (Å²) in [7, 11) is 1.89. The monoisotopic (exact) mass is 232 g/mol. The van der Waals surface area contributed by atoms with Gasteiger partial charge in [-0.1, -0.05) is 0 Å². The second kappa shape index (κ2) is 4.29. The zero-order valence-electron chi connectivity index (χ0n) is 9.85. The molecule has 0 aliphatic carbocycles. The highest BCUT2D eigenvalue weighted by Gasteiger charge is 2.14. The summed E-state index contributed by atoms with van der Waals surface area (Å²) in [6.45, 7) is 2.03. The van der Waals surface area contributed by atoms with Gasteiger partial charge in [-0.3, -0.25) is 4.68 Å². The third kappa shape index (κ3) is 1.95. The van der Waals surface area contributed by atoms with Gasteiger partial charge in [-0.15, -0.1) is 0 Å². The average Bonchev–Trinajstić information content (AvgIpc) is 2.97. The van der Waals surface area contributed by atoms with E-state index in [1.807, 2.05) is 7.05 Å². The maximum Gasteiger partial charge on any atom is 0.163 e. The lowest BCUT2D eigenvalue weighted by atomic mass is 10.2. The van der Waals surface area contributed by atoms with Crippen LogP contribution in [0.5, 0.6) is 0 Å². The molecular formula is C11H16N6. The number of aryl methyl sites for hydroxylation is 1. The fraction of sp³-hybridized carbons (Fsp3) is 0.545. The lowest BCUT2D eigenvalue weighted by molar-refractivity contribution is 0.633. The minimum absolute atomic E-state index is 0.552. The van der Waals surface area contributed by atoms with E-state index in [0.29, 0.717) is 6.04 Å². The summed E-state index contributed by atoms with van der Waals surface area (Å²) >= 11 is 0. The first kappa shape index (κ1) is 10.5. The van der Waals surface area contributed by atoms with Gasteiger partial charge in [-0.05, 0) is 19.4 Å². The molecule has 0 radical (unpaired) electrons. The Labute approximate surface area is 99.4 Å². The van der Waals surface area contributed by atoms with Crippen molar-refractivity contribution < 1.29 is 0 Å². The largest absolute Gasteiger partial charge is 0.368 e. The second-order valence-electron chi connectivity index (χ2n) is 4.40. The Hall–Kier alpha value is -1.69. The van der Waals surface area contributed by atoms with Gasteiger partial charge in [-0.2, -0.15) is 5.10 Å². The molecule has 2 aromatic rings. The normalized spacial score (nSPS) is 19.9. The zero-order valence-corrected chi connectivity index (χ0v) is 9.85. The molecule has 1 aliphatic rings. The number of aromatic nitrogens is 4. The molecule has 1 aliphatic heterocycles. The molecule has 3 rings (SSSR count). The topological polar surface area (TPSA) is 67.7 Å². The third-order valence-electron chi connectivity index (χ3n) is 3.21. The molecule has 0 saturated carbocycles. The highest BCUT2D eigenvalue weighted by molar-refractivity contribution is 5.85.